The first-order valence-corrected chi connectivity index (χ1v) is 8.33. The molecule has 122 valence electrons. The molecule has 1 saturated heterocycles. The third-order valence-corrected chi connectivity index (χ3v) is 4.82. The average molecular weight is 331 g/mol. The fraction of sp³-hybridized carbons (Fsp3) is 0.462. The minimum Gasteiger partial charge on any atom is -0.465 e. The highest BCUT2D eigenvalue weighted by atomic mass is 32.2. The normalized spacial score (nSPS) is 21.6. The molecule has 2 rings (SSSR count). The van der Waals surface area contributed by atoms with Crippen LogP contribution in [0.15, 0.2) is 18.2 Å². The van der Waals surface area contributed by atoms with Crippen LogP contribution in [-0.4, -0.2) is 32.4 Å². The molecule has 3 N–H and O–H groups in total. The summed E-state index contributed by atoms with van der Waals surface area (Å²) in [7, 11) is -3.78. The molecule has 2 unspecified atom stereocenters. The smallest absolute Gasteiger partial charge is 0.324 e. The van der Waals surface area contributed by atoms with Gasteiger partial charge in [-0.25, -0.2) is 23.7 Å². The molecule has 0 saturated carbocycles. The van der Waals surface area contributed by atoms with Gasteiger partial charge in [-0.1, -0.05) is 0 Å². The Hall–Kier alpha value is -1.71. The van der Waals surface area contributed by atoms with Crippen molar-refractivity contribution in [2.45, 2.75) is 31.7 Å². The highest BCUT2D eigenvalue weighted by Crippen LogP contribution is 2.20. The number of benzene rings is 1. The SMILES string of the molecule is CCOC(=O)C1CC(S(=O)(=O)Nc2ccc(F)cc2C)NN1. The van der Waals surface area contributed by atoms with E-state index in [0.29, 0.717) is 11.3 Å². The van der Waals surface area contributed by atoms with Gasteiger partial charge in [0.15, 0.2) is 0 Å². The summed E-state index contributed by atoms with van der Waals surface area (Å²) in [6.45, 7) is 3.50. The quantitative estimate of drug-likeness (QED) is 0.685. The molecular weight excluding hydrogens is 313 g/mol. The van der Waals surface area contributed by atoms with Crippen LogP contribution >= 0.6 is 0 Å². The number of esters is 1. The van der Waals surface area contributed by atoms with E-state index in [1.54, 1.807) is 13.8 Å². The molecule has 22 heavy (non-hydrogen) atoms. The van der Waals surface area contributed by atoms with Gasteiger partial charge in [0, 0.05) is 6.42 Å². The van der Waals surface area contributed by atoms with Crippen molar-refractivity contribution in [2.75, 3.05) is 11.3 Å². The number of ether oxygens (including phenoxy) is 1. The number of anilines is 1. The van der Waals surface area contributed by atoms with Crippen molar-refractivity contribution in [3.05, 3.63) is 29.6 Å². The van der Waals surface area contributed by atoms with E-state index in [4.69, 9.17) is 4.74 Å². The predicted molar refractivity (Wildman–Crippen MR) is 78.8 cm³/mol. The average Bonchev–Trinajstić information content (AvgIpc) is 2.93. The molecule has 1 aromatic carbocycles. The molecule has 2 atom stereocenters. The molecule has 0 spiro atoms. The lowest BCUT2D eigenvalue weighted by molar-refractivity contribution is -0.145. The number of nitrogens with one attached hydrogen (secondary N) is 3. The van der Waals surface area contributed by atoms with Crippen LogP contribution < -0.4 is 15.6 Å². The number of hydrazine groups is 1. The van der Waals surface area contributed by atoms with Gasteiger partial charge in [-0.05, 0) is 37.6 Å². The molecule has 9 heteroatoms. The van der Waals surface area contributed by atoms with Gasteiger partial charge in [-0.2, -0.15) is 0 Å². The van der Waals surface area contributed by atoms with Gasteiger partial charge in [0.05, 0.1) is 12.3 Å². The van der Waals surface area contributed by atoms with Crippen molar-refractivity contribution in [2.24, 2.45) is 0 Å². The highest BCUT2D eigenvalue weighted by Gasteiger charge is 2.38. The van der Waals surface area contributed by atoms with E-state index >= 15 is 0 Å². The van der Waals surface area contributed by atoms with E-state index in [1.165, 1.54) is 18.2 Å². The number of hydrogen-bond donors (Lipinski definition) is 3. The Balaban J connectivity index is 2.07. The monoisotopic (exact) mass is 331 g/mol. The largest absolute Gasteiger partial charge is 0.465 e. The van der Waals surface area contributed by atoms with E-state index in [1.807, 2.05) is 0 Å². The first kappa shape index (κ1) is 16.7. The lowest BCUT2D eigenvalue weighted by Crippen LogP contribution is -2.41. The van der Waals surface area contributed by atoms with Gasteiger partial charge >= 0.3 is 5.97 Å². The summed E-state index contributed by atoms with van der Waals surface area (Å²) in [6.07, 6.45) is 0.0361. The Morgan fingerprint density at radius 3 is 2.82 bits per heavy atom. The number of sulfonamides is 1. The van der Waals surface area contributed by atoms with Crippen molar-refractivity contribution in [3.8, 4) is 0 Å². The molecule has 1 fully saturated rings. The predicted octanol–water partition coefficient (Wildman–Crippen LogP) is 0.632. The Labute approximate surface area is 128 Å². The van der Waals surface area contributed by atoms with Crippen LogP contribution in [0.25, 0.3) is 0 Å². The summed E-state index contributed by atoms with van der Waals surface area (Å²) >= 11 is 0. The first-order chi connectivity index (χ1) is 10.3. The maximum atomic E-state index is 13.0. The van der Waals surface area contributed by atoms with E-state index in [0.717, 1.165) is 0 Å². The molecule has 7 nitrogen and oxygen atoms in total. The second-order valence-electron chi connectivity index (χ2n) is 4.92. The van der Waals surface area contributed by atoms with Crippen molar-refractivity contribution in [1.29, 1.82) is 0 Å². The van der Waals surface area contributed by atoms with E-state index in [-0.39, 0.29) is 13.0 Å². The third-order valence-electron chi connectivity index (χ3n) is 3.25. The maximum Gasteiger partial charge on any atom is 0.324 e. The number of halogens is 1. The van der Waals surface area contributed by atoms with Gasteiger partial charge in [-0.3, -0.25) is 9.52 Å². The number of rotatable bonds is 5. The number of aryl methyl sites for hydroxylation is 1. The molecule has 1 aliphatic rings. The standard InChI is InChI=1S/C13H18FN3O4S/c1-3-21-13(18)11-7-12(16-15-11)22(19,20)17-10-5-4-9(14)6-8(10)2/h4-6,11-12,15-17H,3,7H2,1-2H3. The molecule has 1 heterocycles. The topological polar surface area (TPSA) is 96.5 Å². The summed E-state index contributed by atoms with van der Waals surface area (Å²) in [5.41, 5.74) is 5.93. The first-order valence-electron chi connectivity index (χ1n) is 6.79. The van der Waals surface area contributed by atoms with Gasteiger partial charge < -0.3 is 4.74 Å². The highest BCUT2D eigenvalue weighted by molar-refractivity contribution is 7.93. The van der Waals surface area contributed by atoms with Crippen molar-refractivity contribution in [3.63, 3.8) is 0 Å². The summed E-state index contributed by atoms with van der Waals surface area (Å²) in [6, 6.07) is 3.04. The fourth-order valence-electron chi connectivity index (χ4n) is 2.09. The molecule has 0 aromatic heterocycles. The summed E-state index contributed by atoms with van der Waals surface area (Å²) in [5, 5.41) is -0.994. The van der Waals surface area contributed by atoms with Crippen LogP contribution in [0, 0.1) is 12.7 Å². The number of hydrogen-bond acceptors (Lipinski definition) is 6. The van der Waals surface area contributed by atoms with Gasteiger partial charge in [0.25, 0.3) is 0 Å². The zero-order valence-corrected chi connectivity index (χ0v) is 13.0. The van der Waals surface area contributed by atoms with Crippen LogP contribution in [0.1, 0.15) is 18.9 Å². The summed E-state index contributed by atoms with van der Waals surface area (Å²) in [5.74, 6) is -0.950. The summed E-state index contributed by atoms with van der Waals surface area (Å²) in [4.78, 5) is 11.6. The number of carbonyl (C=O) groups is 1. The van der Waals surface area contributed by atoms with Crippen molar-refractivity contribution >= 4 is 21.7 Å². The van der Waals surface area contributed by atoms with E-state index in [9.17, 15) is 17.6 Å². The van der Waals surface area contributed by atoms with Gasteiger partial charge in [0.2, 0.25) is 10.0 Å². The molecule has 1 aromatic rings. The second-order valence-corrected chi connectivity index (χ2v) is 6.79. The molecule has 0 amide bonds. The van der Waals surface area contributed by atoms with Gasteiger partial charge in [-0.15, -0.1) is 0 Å². The Morgan fingerprint density at radius 1 is 1.45 bits per heavy atom. The van der Waals surface area contributed by atoms with Crippen LogP contribution in [0.5, 0.6) is 0 Å². The minimum atomic E-state index is -3.78. The Bertz CT molecular complexity index is 665. The zero-order valence-electron chi connectivity index (χ0n) is 12.2. The van der Waals surface area contributed by atoms with Crippen LogP contribution in [-0.2, 0) is 19.6 Å². The fourth-order valence-corrected chi connectivity index (χ4v) is 3.44. The Kier molecular flexibility index (Phi) is 4.99. The van der Waals surface area contributed by atoms with Crippen LogP contribution in [0.2, 0.25) is 0 Å². The maximum absolute atomic E-state index is 13.0. The van der Waals surface area contributed by atoms with E-state index < -0.39 is 33.2 Å². The van der Waals surface area contributed by atoms with Crippen LogP contribution in [0.4, 0.5) is 10.1 Å². The minimum absolute atomic E-state index is 0.0361. The lowest BCUT2D eigenvalue weighted by atomic mass is 10.2. The summed E-state index contributed by atoms with van der Waals surface area (Å²) < 4.78 is 44.9. The Morgan fingerprint density at radius 2 is 2.18 bits per heavy atom. The molecule has 1 aliphatic heterocycles. The van der Waals surface area contributed by atoms with Crippen molar-refractivity contribution < 1.29 is 22.3 Å². The van der Waals surface area contributed by atoms with E-state index in [2.05, 4.69) is 15.6 Å². The zero-order chi connectivity index (χ0) is 16.3. The molecule has 0 aliphatic carbocycles. The second kappa shape index (κ2) is 6.59. The number of carbonyl (C=O) groups excluding carboxylic acids is 1. The van der Waals surface area contributed by atoms with Gasteiger partial charge in [0.1, 0.15) is 17.2 Å². The molecule has 0 bridgehead atoms. The molecular formula is C13H18FN3O4S. The van der Waals surface area contributed by atoms with Crippen LogP contribution in [0.3, 0.4) is 0 Å². The third kappa shape index (κ3) is 3.73. The van der Waals surface area contributed by atoms with Crippen molar-refractivity contribution in [1.82, 2.24) is 10.9 Å². The molecule has 0 radical (unpaired) electrons. The lowest BCUT2D eigenvalue weighted by Gasteiger charge is -2.15.